The second kappa shape index (κ2) is 5.52. The quantitative estimate of drug-likeness (QED) is 0.697. The van der Waals surface area contributed by atoms with Crippen LogP contribution in [-0.2, 0) is 4.74 Å². The fraction of sp³-hybridized carbons (Fsp3) is 0.769. The largest absolute Gasteiger partial charge is 0.444 e. The maximum absolute atomic E-state index is 13.4. The van der Waals surface area contributed by atoms with Crippen LogP contribution in [0.15, 0.2) is 12.7 Å². The van der Waals surface area contributed by atoms with Gasteiger partial charge in [0.2, 0.25) is 0 Å². The number of likely N-dealkylation sites (tertiary alicyclic amines) is 1. The predicted molar refractivity (Wildman–Crippen MR) is 65.6 cm³/mol. The van der Waals surface area contributed by atoms with Crippen LogP contribution in [0.2, 0.25) is 0 Å². The molecule has 1 heterocycles. The number of ether oxygens (including phenoxy) is 1. The van der Waals surface area contributed by atoms with Gasteiger partial charge in [0, 0.05) is 13.1 Å². The van der Waals surface area contributed by atoms with E-state index in [4.69, 9.17) is 4.74 Å². The average molecular weight is 243 g/mol. The Hall–Kier alpha value is -1.06. The van der Waals surface area contributed by atoms with Crippen molar-refractivity contribution in [2.45, 2.75) is 45.4 Å². The SMILES string of the molecule is C=C[C@H](F)C1CCN(C(=O)OC(C)(C)C)CC1. The van der Waals surface area contributed by atoms with Gasteiger partial charge in [0.25, 0.3) is 0 Å². The van der Waals surface area contributed by atoms with Crippen molar-refractivity contribution in [3.63, 3.8) is 0 Å². The molecule has 1 aliphatic heterocycles. The fourth-order valence-electron chi connectivity index (χ4n) is 1.92. The van der Waals surface area contributed by atoms with Crippen molar-refractivity contribution in [2.75, 3.05) is 13.1 Å². The summed E-state index contributed by atoms with van der Waals surface area (Å²) in [7, 11) is 0. The Bertz CT molecular complexity index is 278. The van der Waals surface area contributed by atoms with Gasteiger partial charge in [0.15, 0.2) is 0 Å². The predicted octanol–water partition coefficient (Wildman–Crippen LogP) is 3.16. The van der Waals surface area contributed by atoms with Crippen molar-refractivity contribution in [2.24, 2.45) is 5.92 Å². The standard InChI is InChI=1S/C13H22FNO2/c1-5-11(14)10-6-8-15(9-7-10)12(16)17-13(2,3)4/h5,10-11H,1,6-9H2,2-4H3/t11-/m0/s1. The van der Waals surface area contributed by atoms with Crippen molar-refractivity contribution in [3.8, 4) is 0 Å². The minimum atomic E-state index is -0.962. The van der Waals surface area contributed by atoms with Crippen LogP contribution < -0.4 is 0 Å². The minimum absolute atomic E-state index is 0.00816. The molecule has 0 aromatic carbocycles. The number of halogens is 1. The van der Waals surface area contributed by atoms with Crippen LogP contribution >= 0.6 is 0 Å². The van der Waals surface area contributed by atoms with E-state index in [1.165, 1.54) is 6.08 Å². The van der Waals surface area contributed by atoms with Crippen molar-refractivity contribution >= 4 is 6.09 Å². The molecule has 0 spiro atoms. The van der Waals surface area contributed by atoms with E-state index in [0.717, 1.165) is 0 Å². The summed E-state index contributed by atoms with van der Waals surface area (Å²) in [4.78, 5) is 13.4. The maximum Gasteiger partial charge on any atom is 0.410 e. The Kier molecular flexibility index (Phi) is 4.54. The number of allylic oxidation sites excluding steroid dienone is 1. The van der Waals surface area contributed by atoms with E-state index >= 15 is 0 Å². The molecule has 98 valence electrons. The van der Waals surface area contributed by atoms with Crippen LogP contribution in [0.3, 0.4) is 0 Å². The van der Waals surface area contributed by atoms with Gasteiger partial charge >= 0.3 is 6.09 Å². The monoisotopic (exact) mass is 243 g/mol. The summed E-state index contributed by atoms with van der Waals surface area (Å²) in [5.74, 6) is -0.00816. The Labute approximate surface area is 103 Å². The van der Waals surface area contributed by atoms with Crippen LogP contribution in [0.5, 0.6) is 0 Å². The molecule has 4 heteroatoms. The lowest BCUT2D eigenvalue weighted by Gasteiger charge is -2.34. The number of piperidine rings is 1. The van der Waals surface area contributed by atoms with E-state index in [0.29, 0.717) is 25.9 Å². The van der Waals surface area contributed by atoms with Gasteiger partial charge < -0.3 is 9.64 Å². The first kappa shape index (κ1) is 14.0. The molecule has 1 aliphatic rings. The van der Waals surface area contributed by atoms with Crippen LogP contribution in [-0.4, -0.2) is 35.9 Å². The van der Waals surface area contributed by atoms with Gasteiger partial charge in [-0.15, -0.1) is 6.58 Å². The van der Waals surface area contributed by atoms with Crippen molar-refractivity contribution < 1.29 is 13.9 Å². The van der Waals surface area contributed by atoms with Gasteiger partial charge in [0.05, 0.1) is 0 Å². The van der Waals surface area contributed by atoms with Crippen LogP contribution in [0.1, 0.15) is 33.6 Å². The summed E-state index contributed by atoms with van der Waals surface area (Å²) in [5, 5.41) is 0. The number of carbonyl (C=O) groups is 1. The molecule has 1 saturated heterocycles. The lowest BCUT2D eigenvalue weighted by molar-refractivity contribution is 0.0159. The molecule has 1 rings (SSSR count). The molecule has 1 fully saturated rings. The molecule has 0 unspecified atom stereocenters. The molecular weight excluding hydrogens is 221 g/mol. The third-order valence-corrected chi connectivity index (χ3v) is 2.87. The Morgan fingerprint density at radius 1 is 1.47 bits per heavy atom. The van der Waals surface area contributed by atoms with E-state index in [2.05, 4.69) is 6.58 Å². The highest BCUT2D eigenvalue weighted by molar-refractivity contribution is 5.68. The van der Waals surface area contributed by atoms with E-state index in [1.54, 1.807) is 4.90 Å². The van der Waals surface area contributed by atoms with Crippen molar-refractivity contribution in [1.82, 2.24) is 4.90 Å². The third kappa shape index (κ3) is 4.36. The van der Waals surface area contributed by atoms with Crippen molar-refractivity contribution in [3.05, 3.63) is 12.7 Å². The first-order valence-corrected chi connectivity index (χ1v) is 6.08. The highest BCUT2D eigenvalue weighted by Crippen LogP contribution is 2.24. The minimum Gasteiger partial charge on any atom is -0.444 e. The highest BCUT2D eigenvalue weighted by Gasteiger charge is 2.29. The van der Waals surface area contributed by atoms with Gasteiger partial charge in [-0.3, -0.25) is 0 Å². The number of alkyl halides is 1. The van der Waals surface area contributed by atoms with Gasteiger partial charge in [0.1, 0.15) is 11.8 Å². The summed E-state index contributed by atoms with van der Waals surface area (Å²) < 4.78 is 18.6. The number of hydrogen-bond donors (Lipinski definition) is 0. The van der Waals surface area contributed by atoms with Gasteiger partial charge in [-0.2, -0.15) is 0 Å². The first-order valence-electron chi connectivity index (χ1n) is 6.08. The molecule has 1 amide bonds. The van der Waals surface area contributed by atoms with Crippen LogP contribution in [0.25, 0.3) is 0 Å². The molecule has 0 aromatic rings. The molecule has 3 nitrogen and oxygen atoms in total. The lowest BCUT2D eigenvalue weighted by atomic mass is 9.92. The van der Waals surface area contributed by atoms with E-state index < -0.39 is 11.8 Å². The second-order valence-electron chi connectivity index (χ2n) is 5.48. The smallest absolute Gasteiger partial charge is 0.410 e. The lowest BCUT2D eigenvalue weighted by Crippen LogP contribution is -2.42. The topological polar surface area (TPSA) is 29.5 Å². The molecule has 0 saturated carbocycles. The highest BCUT2D eigenvalue weighted by atomic mass is 19.1. The number of nitrogens with zero attached hydrogens (tertiary/aromatic N) is 1. The molecule has 1 atom stereocenters. The van der Waals surface area contributed by atoms with E-state index in [-0.39, 0.29) is 12.0 Å². The Morgan fingerprint density at radius 3 is 2.41 bits per heavy atom. The summed E-state index contributed by atoms with van der Waals surface area (Å²) in [6.07, 6.45) is 1.42. The van der Waals surface area contributed by atoms with Crippen LogP contribution in [0, 0.1) is 5.92 Å². The van der Waals surface area contributed by atoms with Crippen molar-refractivity contribution in [1.29, 1.82) is 0 Å². The molecule has 0 N–H and O–H groups in total. The fourth-order valence-corrected chi connectivity index (χ4v) is 1.92. The number of carbonyl (C=O) groups excluding carboxylic acids is 1. The molecule has 0 aliphatic carbocycles. The molecule has 0 bridgehead atoms. The second-order valence-corrected chi connectivity index (χ2v) is 5.48. The zero-order valence-corrected chi connectivity index (χ0v) is 10.9. The number of rotatable bonds is 2. The zero-order chi connectivity index (χ0) is 13.1. The Morgan fingerprint density at radius 2 is 2.00 bits per heavy atom. The molecular formula is C13H22FNO2. The summed E-state index contributed by atoms with van der Waals surface area (Å²) in [6, 6.07) is 0. The molecule has 0 aromatic heterocycles. The number of hydrogen-bond acceptors (Lipinski definition) is 2. The van der Waals surface area contributed by atoms with Crippen LogP contribution in [0.4, 0.5) is 9.18 Å². The van der Waals surface area contributed by atoms with Gasteiger partial charge in [-0.25, -0.2) is 9.18 Å². The van der Waals surface area contributed by atoms with E-state index in [1.807, 2.05) is 20.8 Å². The van der Waals surface area contributed by atoms with E-state index in [9.17, 15) is 9.18 Å². The molecule has 17 heavy (non-hydrogen) atoms. The van der Waals surface area contributed by atoms with Gasteiger partial charge in [-0.1, -0.05) is 6.08 Å². The maximum atomic E-state index is 13.4. The summed E-state index contributed by atoms with van der Waals surface area (Å²) in [6.45, 7) is 10.1. The summed E-state index contributed by atoms with van der Waals surface area (Å²) >= 11 is 0. The average Bonchev–Trinajstić information content (AvgIpc) is 2.26. The third-order valence-electron chi connectivity index (χ3n) is 2.87. The molecule has 0 radical (unpaired) electrons. The first-order chi connectivity index (χ1) is 7.83. The number of amides is 1. The Balaban J connectivity index is 2.41. The normalized spacial score (nSPS) is 19.9. The summed E-state index contributed by atoms with van der Waals surface area (Å²) in [5.41, 5.74) is -0.475. The zero-order valence-electron chi connectivity index (χ0n) is 10.9. The van der Waals surface area contributed by atoms with Gasteiger partial charge in [-0.05, 0) is 39.5 Å².